The summed E-state index contributed by atoms with van der Waals surface area (Å²) in [7, 11) is 0. The molecule has 4 aromatic rings. The predicted molar refractivity (Wildman–Crippen MR) is 125 cm³/mol. The molecule has 31 heavy (non-hydrogen) atoms. The third kappa shape index (κ3) is 5.24. The molecular formula is C25H21N3O2S. The number of para-hydroxylation sites is 1. The van der Waals surface area contributed by atoms with Gasteiger partial charge < -0.3 is 10.6 Å². The number of aromatic nitrogens is 1. The van der Waals surface area contributed by atoms with E-state index in [9.17, 15) is 9.59 Å². The summed E-state index contributed by atoms with van der Waals surface area (Å²) in [6, 6.07) is 24.4. The molecule has 2 N–H and O–H groups in total. The molecule has 5 nitrogen and oxygen atoms in total. The lowest BCUT2D eigenvalue weighted by Crippen LogP contribution is -2.19. The van der Waals surface area contributed by atoms with E-state index in [2.05, 4.69) is 15.6 Å². The summed E-state index contributed by atoms with van der Waals surface area (Å²) in [5.74, 6) is -0.498. The van der Waals surface area contributed by atoms with Crippen molar-refractivity contribution in [1.29, 1.82) is 0 Å². The van der Waals surface area contributed by atoms with Crippen LogP contribution in [0, 0.1) is 6.92 Å². The lowest BCUT2D eigenvalue weighted by molar-refractivity contribution is -0.115. The number of hydrogen-bond acceptors (Lipinski definition) is 4. The van der Waals surface area contributed by atoms with Crippen molar-refractivity contribution in [2.45, 2.75) is 13.3 Å². The van der Waals surface area contributed by atoms with Crippen LogP contribution >= 0.6 is 11.3 Å². The SMILES string of the molecule is Cc1cccc(NC(=O)c2ccccc2NC(=O)Cc2csc(-c3ccccc3)n2)c1. The van der Waals surface area contributed by atoms with Gasteiger partial charge in [0.1, 0.15) is 5.01 Å². The van der Waals surface area contributed by atoms with E-state index < -0.39 is 0 Å². The van der Waals surface area contributed by atoms with E-state index in [4.69, 9.17) is 0 Å². The molecule has 0 saturated carbocycles. The Bertz CT molecular complexity index is 1220. The minimum Gasteiger partial charge on any atom is -0.325 e. The van der Waals surface area contributed by atoms with E-state index in [-0.39, 0.29) is 18.2 Å². The Hall–Kier alpha value is -3.77. The molecule has 0 bridgehead atoms. The minimum atomic E-state index is -0.276. The first-order valence-electron chi connectivity index (χ1n) is 9.85. The second kappa shape index (κ2) is 9.36. The van der Waals surface area contributed by atoms with Gasteiger partial charge in [-0.05, 0) is 36.8 Å². The van der Waals surface area contributed by atoms with E-state index >= 15 is 0 Å². The van der Waals surface area contributed by atoms with Crippen molar-refractivity contribution >= 4 is 34.5 Å². The number of amides is 2. The van der Waals surface area contributed by atoms with Crippen LogP contribution in [0.5, 0.6) is 0 Å². The number of benzene rings is 3. The molecule has 0 aliphatic heterocycles. The Morgan fingerprint density at radius 2 is 1.68 bits per heavy atom. The number of carbonyl (C=O) groups excluding carboxylic acids is 2. The number of nitrogens with zero attached hydrogens (tertiary/aromatic N) is 1. The van der Waals surface area contributed by atoms with E-state index in [0.717, 1.165) is 16.1 Å². The fourth-order valence-electron chi connectivity index (χ4n) is 3.17. The highest BCUT2D eigenvalue weighted by molar-refractivity contribution is 7.13. The smallest absolute Gasteiger partial charge is 0.257 e. The predicted octanol–water partition coefficient (Wildman–Crippen LogP) is 5.55. The molecule has 6 heteroatoms. The molecule has 1 aromatic heterocycles. The van der Waals surface area contributed by atoms with Gasteiger partial charge in [0.05, 0.1) is 23.4 Å². The van der Waals surface area contributed by atoms with Crippen molar-refractivity contribution in [3.8, 4) is 10.6 Å². The number of anilines is 2. The zero-order chi connectivity index (χ0) is 21.6. The van der Waals surface area contributed by atoms with Crippen LogP contribution in [0.25, 0.3) is 10.6 Å². The molecule has 3 aromatic carbocycles. The quantitative estimate of drug-likeness (QED) is 0.424. The highest BCUT2D eigenvalue weighted by Crippen LogP contribution is 2.24. The summed E-state index contributed by atoms with van der Waals surface area (Å²) in [6.07, 6.45) is 0.136. The van der Waals surface area contributed by atoms with E-state index in [1.165, 1.54) is 11.3 Å². The number of rotatable bonds is 6. The van der Waals surface area contributed by atoms with Crippen LogP contribution in [-0.4, -0.2) is 16.8 Å². The summed E-state index contributed by atoms with van der Waals surface area (Å²) < 4.78 is 0. The molecule has 0 atom stereocenters. The highest BCUT2D eigenvalue weighted by atomic mass is 32.1. The van der Waals surface area contributed by atoms with Crippen molar-refractivity contribution in [2.24, 2.45) is 0 Å². The van der Waals surface area contributed by atoms with Crippen LogP contribution in [0.3, 0.4) is 0 Å². The Kier molecular flexibility index (Phi) is 6.19. The molecule has 4 rings (SSSR count). The van der Waals surface area contributed by atoms with Gasteiger partial charge in [-0.2, -0.15) is 0 Å². The average molecular weight is 428 g/mol. The van der Waals surface area contributed by atoms with Crippen LogP contribution in [0.1, 0.15) is 21.6 Å². The van der Waals surface area contributed by atoms with Gasteiger partial charge in [0.2, 0.25) is 5.91 Å². The Labute approximate surface area is 184 Å². The van der Waals surface area contributed by atoms with Crippen molar-refractivity contribution in [3.05, 3.63) is 101 Å². The van der Waals surface area contributed by atoms with E-state index in [1.54, 1.807) is 24.3 Å². The third-order valence-corrected chi connectivity index (χ3v) is 5.58. The Morgan fingerprint density at radius 1 is 0.903 bits per heavy atom. The summed E-state index contributed by atoms with van der Waals surface area (Å²) >= 11 is 1.51. The van der Waals surface area contributed by atoms with Crippen LogP contribution in [-0.2, 0) is 11.2 Å². The van der Waals surface area contributed by atoms with Crippen LogP contribution < -0.4 is 10.6 Å². The molecule has 0 fully saturated rings. The first kappa shape index (κ1) is 20.5. The van der Waals surface area contributed by atoms with E-state index in [0.29, 0.717) is 22.6 Å². The number of thiazole rings is 1. The fraction of sp³-hybridized carbons (Fsp3) is 0.0800. The molecule has 1 heterocycles. The summed E-state index contributed by atoms with van der Waals surface area (Å²) in [5, 5.41) is 8.50. The molecule has 0 aliphatic rings. The molecule has 0 spiro atoms. The minimum absolute atomic E-state index is 0.136. The summed E-state index contributed by atoms with van der Waals surface area (Å²) in [5.41, 5.74) is 4.36. The number of nitrogens with one attached hydrogen (secondary N) is 2. The Morgan fingerprint density at radius 3 is 2.48 bits per heavy atom. The van der Waals surface area contributed by atoms with Crippen LogP contribution in [0.2, 0.25) is 0 Å². The van der Waals surface area contributed by atoms with Crippen LogP contribution in [0.4, 0.5) is 11.4 Å². The van der Waals surface area contributed by atoms with Gasteiger partial charge in [0.15, 0.2) is 0 Å². The van der Waals surface area contributed by atoms with Gasteiger partial charge in [-0.1, -0.05) is 54.6 Å². The zero-order valence-corrected chi connectivity index (χ0v) is 17.8. The fourth-order valence-corrected chi connectivity index (χ4v) is 4.00. The lowest BCUT2D eigenvalue weighted by Gasteiger charge is -2.11. The zero-order valence-electron chi connectivity index (χ0n) is 17.0. The normalized spacial score (nSPS) is 10.5. The number of aryl methyl sites for hydroxylation is 1. The molecule has 0 radical (unpaired) electrons. The second-order valence-electron chi connectivity index (χ2n) is 7.10. The molecule has 0 saturated heterocycles. The monoisotopic (exact) mass is 427 g/mol. The molecule has 2 amide bonds. The summed E-state index contributed by atoms with van der Waals surface area (Å²) in [4.78, 5) is 30.0. The topological polar surface area (TPSA) is 71.1 Å². The lowest BCUT2D eigenvalue weighted by atomic mass is 10.1. The maximum Gasteiger partial charge on any atom is 0.257 e. The third-order valence-electron chi connectivity index (χ3n) is 4.64. The molecular weight excluding hydrogens is 406 g/mol. The van der Waals surface area contributed by atoms with Gasteiger partial charge in [-0.25, -0.2) is 4.98 Å². The number of hydrogen-bond donors (Lipinski definition) is 2. The average Bonchev–Trinajstić information content (AvgIpc) is 3.23. The summed E-state index contributed by atoms with van der Waals surface area (Å²) in [6.45, 7) is 1.96. The first-order valence-corrected chi connectivity index (χ1v) is 10.7. The number of carbonyl (C=O) groups is 2. The van der Waals surface area contributed by atoms with Crippen molar-refractivity contribution in [1.82, 2.24) is 4.98 Å². The van der Waals surface area contributed by atoms with Crippen LogP contribution in [0.15, 0.2) is 84.2 Å². The molecule has 0 aliphatic carbocycles. The van der Waals surface area contributed by atoms with Crippen molar-refractivity contribution in [3.63, 3.8) is 0 Å². The maximum atomic E-state index is 12.8. The van der Waals surface area contributed by atoms with Gasteiger partial charge in [0, 0.05) is 16.6 Å². The van der Waals surface area contributed by atoms with Gasteiger partial charge in [-0.15, -0.1) is 11.3 Å². The van der Waals surface area contributed by atoms with Crippen molar-refractivity contribution in [2.75, 3.05) is 10.6 Å². The van der Waals surface area contributed by atoms with Gasteiger partial charge in [0.25, 0.3) is 5.91 Å². The second-order valence-corrected chi connectivity index (χ2v) is 7.96. The standard InChI is InChI=1S/C25H21N3O2S/c1-17-8-7-11-19(14-17)26-24(30)21-12-5-6-13-22(21)28-23(29)15-20-16-31-25(27-20)18-9-3-2-4-10-18/h2-14,16H,15H2,1H3,(H,26,30)(H,28,29). The largest absolute Gasteiger partial charge is 0.325 e. The van der Waals surface area contributed by atoms with Gasteiger partial charge in [-0.3, -0.25) is 9.59 Å². The highest BCUT2D eigenvalue weighted by Gasteiger charge is 2.15. The Balaban J connectivity index is 1.44. The first-order chi connectivity index (χ1) is 15.1. The maximum absolute atomic E-state index is 12.8. The van der Waals surface area contributed by atoms with E-state index in [1.807, 2.05) is 66.9 Å². The van der Waals surface area contributed by atoms with Crippen molar-refractivity contribution < 1.29 is 9.59 Å². The molecule has 0 unspecified atom stereocenters. The molecule has 154 valence electrons. The van der Waals surface area contributed by atoms with Gasteiger partial charge >= 0.3 is 0 Å².